The van der Waals surface area contributed by atoms with Crippen LogP contribution in [0.15, 0.2) is 36.4 Å². The zero-order valence-electron chi connectivity index (χ0n) is 20.4. The number of para-hydroxylation sites is 1. The average Bonchev–Trinajstić information content (AvgIpc) is 2.84. The van der Waals surface area contributed by atoms with Crippen LogP contribution in [-0.2, 0) is 11.3 Å². The Morgan fingerprint density at radius 1 is 1.19 bits per heavy atom. The number of halogens is 2. The molecule has 0 bridgehead atoms. The molecular formula is C25H26F2N6O3. The molecule has 0 aliphatic carbocycles. The number of aryl methyl sites for hydroxylation is 1. The number of nitrogens with zero attached hydrogens (tertiary/aromatic N) is 4. The van der Waals surface area contributed by atoms with E-state index in [0.29, 0.717) is 35.5 Å². The number of likely N-dealkylation sites (N-methyl/N-ethyl adjacent to an activating group) is 1. The van der Waals surface area contributed by atoms with Gasteiger partial charge in [0.2, 0.25) is 5.95 Å². The van der Waals surface area contributed by atoms with Crippen molar-refractivity contribution in [2.45, 2.75) is 13.5 Å². The molecule has 2 N–H and O–H groups in total. The summed E-state index contributed by atoms with van der Waals surface area (Å²) in [6.45, 7) is 3.02. The summed E-state index contributed by atoms with van der Waals surface area (Å²) in [6, 6.07) is 7.67. The molecule has 0 fully saturated rings. The molecule has 1 aliphatic rings. The Bertz CT molecular complexity index is 1310. The standard InChI is InChI=1S/C25H26F2N6O3/c1-14-8-9-15(23(34)36-4)12-16(14)20-17-13-29-25(35)33(21-18(26)6-5-7-19(21)27)22(17)31-24(30-20)28-10-11-32(2)3/h5-9,12H,10-11,13H2,1-4H3,(H,29,35)(H,28,30,31). The lowest BCUT2D eigenvalue weighted by atomic mass is 9.98. The molecule has 1 aromatic heterocycles. The summed E-state index contributed by atoms with van der Waals surface area (Å²) in [7, 11) is 5.11. The maximum absolute atomic E-state index is 14.8. The molecule has 188 valence electrons. The molecular weight excluding hydrogens is 470 g/mol. The highest BCUT2D eigenvalue weighted by molar-refractivity contribution is 6.02. The number of carbonyl (C=O) groups excluding carboxylic acids is 2. The van der Waals surface area contributed by atoms with E-state index in [-0.39, 0.29) is 18.3 Å². The summed E-state index contributed by atoms with van der Waals surface area (Å²) >= 11 is 0. The molecule has 0 spiro atoms. The van der Waals surface area contributed by atoms with Crippen molar-refractivity contribution < 1.29 is 23.1 Å². The van der Waals surface area contributed by atoms with Gasteiger partial charge in [0.05, 0.1) is 24.9 Å². The first-order valence-corrected chi connectivity index (χ1v) is 11.2. The number of hydrogen-bond donors (Lipinski definition) is 2. The van der Waals surface area contributed by atoms with Crippen molar-refractivity contribution in [3.05, 3.63) is 64.7 Å². The molecule has 2 aromatic carbocycles. The van der Waals surface area contributed by atoms with Gasteiger partial charge in [0.25, 0.3) is 0 Å². The topological polar surface area (TPSA) is 99.7 Å². The molecule has 1 aliphatic heterocycles. The van der Waals surface area contributed by atoms with Gasteiger partial charge in [-0.15, -0.1) is 0 Å². The Balaban J connectivity index is 1.94. The van der Waals surface area contributed by atoms with E-state index in [2.05, 4.69) is 20.6 Å². The predicted molar refractivity (Wildman–Crippen MR) is 131 cm³/mol. The lowest BCUT2D eigenvalue weighted by Crippen LogP contribution is -2.43. The highest BCUT2D eigenvalue weighted by Gasteiger charge is 2.34. The van der Waals surface area contributed by atoms with Gasteiger partial charge in [0, 0.05) is 24.2 Å². The minimum absolute atomic E-state index is 0.0238. The van der Waals surface area contributed by atoms with Crippen molar-refractivity contribution in [3.63, 3.8) is 0 Å². The SMILES string of the molecule is COC(=O)c1ccc(C)c(-c2nc(NCCN(C)C)nc3c2CNC(=O)N3c2c(F)cccc2F)c1. The molecule has 0 atom stereocenters. The third-order valence-corrected chi connectivity index (χ3v) is 5.73. The number of esters is 1. The number of benzene rings is 2. The first kappa shape index (κ1) is 25.0. The van der Waals surface area contributed by atoms with E-state index in [1.807, 2.05) is 25.9 Å². The molecule has 0 unspecified atom stereocenters. The molecule has 4 rings (SSSR count). The van der Waals surface area contributed by atoms with Crippen LogP contribution in [0.5, 0.6) is 0 Å². The number of fused-ring (bicyclic) bond motifs is 1. The van der Waals surface area contributed by atoms with E-state index in [1.54, 1.807) is 18.2 Å². The molecule has 0 saturated carbocycles. The molecule has 36 heavy (non-hydrogen) atoms. The van der Waals surface area contributed by atoms with Gasteiger partial charge in [-0.05, 0) is 50.8 Å². The van der Waals surface area contributed by atoms with Crippen molar-refractivity contribution in [2.24, 2.45) is 0 Å². The largest absolute Gasteiger partial charge is 0.465 e. The zero-order valence-corrected chi connectivity index (χ0v) is 20.4. The van der Waals surface area contributed by atoms with Crippen LogP contribution in [0.4, 0.5) is 31.0 Å². The summed E-state index contributed by atoms with van der Waals surface area (Å²) in [5.74, 6) is -2.13. The van der Waals surface area contributed by atoms with Gasteiger partial charge in [-0.25, -0.2) is 28.3 Å². The summed E-state index contributed by atoms with van der Waals surface area (Å²) in [5.41, 5.74) is 2.02. The number of carbonyl (C=O) groups is 2. The lowest BCUT2D eigenvalue weighted by molar-refractivity contribution is 0.0600. The monoisotopic (exact) mass is 496 g/mol. The zero-order chi connectivity index (χ0) is 26.0. The predicted octanol–water partition coefficient (Wildman–Crippen LogP) is 3.85. The molecule has 2 heterocycles. The molecule has 11 heteroatoms. The second-order valence-electron chi connectivity index (χ2n) is 8.51. The number of ether oxygens (including phenoxy) is 1. The van der Waals surface area contributed by atoms with Gasteiger partial charge in [-0.1, -0.05) is 12.1 Å². The van der Waals surface area contributed by atoms with Crippen molar-refractivity contribution in [1.82, 2.24) is 20.2 Å². The fourth-order valence-electron chi connectivity index (χ4n) is 3.88. The van der Waals surface area contributed by atoms with Crippen LogP contribution >= 0.6 is 0 Å². The third-order valence-electron chi connectivity index (χ3n) is 5.73. The quantitative estimate of drug-likeness (QED) is 0.480. The minimum Gasteiger partial charge on any atom is -0.465 e. The second-order valence-corrected chi connectivity index (χ2v) is 8.51. The van der Waals surface area contributed by atoms with E-state index in [0.717, 1.165) is 22.6 Å². The highest BCUT2D eigenvalue weighted by atomic mass is 19.1. The van der Waals surface area contributed by atoms with Crippen molar-refractivity contribution >= 4 is 29.5 Å². The summed E-state index contributed by atoms with van der Waals surface area (Å²) < 4.78 is 34.4. The summed E-state index contributed by atoms with van der Waals surface area (Å²) in [4.78, 5) is 37.1. The molecule has 9 nitrogen and oxygen atoms in total. The number of rotatable bonds is 7. The number of amides is 2. The first-order valence-electron chi connectivity index (χ1n) is 11.2. The number of nitrogens with one attached hydrogen (secondary N) is 2. The van der Waals surface area contributed by atoms with Crippen LogP contribution in [0.1, 0.15) is 21.5 Å². The van der Waals surface area contributed by atoms with Crippen LogP contribution in [-0.4, -0.2) is 61.2 Å². The van der Waals surface area contributed by atoms with E-state index in [1.165, 1.54) is 13.2 Å². The number of hydrogen-bond acceptors (Lipinski definition) is 7. The number of aromatic nitrogens is 2. The van der Waals surface area contributed by atoms with Crippen molar-refractivity contribution in [3.8, 4) is 11.3 Å². The van der Waals surface area contributed by atoms with E-state index >= 15 is 0 Å². The Hall–Kier alpha value is -4.12. The van der Waals surface area contributed by atoms with Gasteiger partial charge in [0.1, 0.15) is 17.3 Å². The highest BCUT2D eigenvalue weighted by Crippen LogP contribution is 2.39. The number of urea groups is 1. The molecule has 0 radical (unpaired) electrons. The normalized spacial score (nSPS) is 12.9. The summed E-state index contributed by atoms with van der Waals surface area (Å²) in [6.07, 6.45) is 0. The second kappa shape index (κ2) is 10.2. The maximum atomic E-state index is 14.8. The Morgan fingerprint density at radius 2 is 1.92 bits per heavy atom. The summed E-state index contributed by atoms with van der Waals surface area (Å²) in [5, 5.41) is 5.77. The fourth-order valence-corrected chi connectivity index (χ4v) is 3.88. The van der Waals surface area contributed by atoms with Gasteiger partial charge in [-0.3, -0.25) is 0 Å². The van der Waals surface area contributed by atoms with Gasteiger partial charge in [0.15, 0.2) is 5.82 Å². The van der Waals surface area contributed by atoms with Crippen molar-refractivity contribution in [1.29, 1.82) is 0 Å². The van der Waals surface area contributed by atoms with E-state index < -0.39 is 29.3 Å². The molecule has 2 amide bonds. The van der Waals surface area contributed by atoms with Gasteiger partial charge in [-0.2, -0.15) is 4.98 Å². The Labute approximate surface area is 207 Å². The fraction of sp³-hybridized carbons (Fsp3) is 0.280. The van der Waals surface area contributed by atoms with Crippen LogP contribution in [0.3, 0.4) is 0 Å². The van der Waals surface area contributed by atoms with Crippen LogP contribution in [0.2, 0.25) is 0 Å². The Kier molecular flexibility index (Phi) is 7.11. The van der Waals surface area contributed by atoms with E-state index in [9.17, 15) is 18.4 Å². The number of methoxy groups -OCH3 is 1. The first-order chi connectivity index (χ1) is 17.2. The molecule has 0 saturated heterocycles. The van der Waals surface area contributed by atoms with Crippen LogP contribution in [0, 0.1) is 18.6 Å². The Morgan fingerprint density at radius 3 is 2.58 bits per heavy atom. The third kappa shape index (κ3) is 4.82. The van der Waals surface area contributed by atoms with Gasteiger partial charge >= 0.3 is 12.0 Å². The smallest absolute Gasteiger partial charge is 0.337 e. The van der Waals surface area contributed by atoms with Crippen LogP contribution in [0.25, 0.3) is 11.3 Å². The number of anilines is 3. The molecule has 3 aromatic rings. The van der Waals surface area contributed by atoms with E-state index in [4.69, 9.17) is 4.74 Å². The van der Waals surface area contributed by atoms with Crippen molar-refractivity contribution in [2.75, 3.05) is 44.5 Å². The maximum Gasteiger partial charge on any atom is 0.337 e. The van der Waals surface area contributed by atoms with Gasteiger partial charge < -0.3 is 20.3 Å². The minimum atomic E-state index is -0.913. The lowest BCUT2D eigenvalue weighted by Gasteiger charge is -2.31. The average molecular weight is 497 g/mol. The van der Waals surface area contributed by atoms with Crippen LogP contribution < -0.4 is 15.5 Å².